The molecule has 36 heavy (non-hydrogen) atoms. The summed E-state index contributed by atoms with van der Waals surface area (Å²) in [6, 6.07) is 4.62. The quantitative estimate of drug-likeness (QED) is 0.377. The first-order chi connectivity index (χ1) is 17.1. The zero-order chi connectivity index (χ0) is 26.0. The summed E-state index contributed by atoms with van der Waals surface area (Å²) < 4.78 is 62.0. The van der Waals surface area contributed by atoms with Crippen LogP contribution in [-0.2, 0) is 0 Å². The van der Waals surface area contributed by atoms with Crippen molar-refractivity contribution in [3.63, 3.8) is 0 Å². The van der Waals surface area contributed by atoms with Gasteiger partial charge in [0.25, 0.3) is 5.91 Å². The molecule has 0 saturated heterocycles. The lowest BCUT2D eigenvalue weighted by Crippen LogP contribution is -2.30. The fourth-order valence-electron chi connectivity index (χ4n) is 4.35. The van der Waals surface area contributed by atoms with Crippen molar-refractivity contribution in [3.05, 3.63) is 65.7 Å². The summed E-state index contributed by atoms with van der Waals surface area (Å²) in [5.41, 5.74) is 0.898. The van der Waals surface area contributed by atoms with E-state index in [1.54, 1.807) is 0 Å². The highest BCUT2D eigenvalue weighted by Crippen LogP contribution is 2.45. The second-order valence-electron chi connectivity index (χ2n) is 9.13. The normalized spacial score (nSPS) is 15.7. The van der Waals surface area contributed by atoms with Gasteiger partial charge in [0.1, 0.15) is 11.6 Å². The summed E-state index contributed by atoms with van der Waals surface area (Å²) in [6.45, 7) is 3.63. The minimum Gasteiger partial charge on any atom is -0.461 e. The number of halogens is 4. The minimum absolute atomic E-state index is 0.0635. The van der Waals surface area contributed by atoms with Gasteiger partial charge >= 0.3 is 6.01 Å². The molecule has 1 fully saturated rings. The van der Waals surface area contributed by atoms with Gasteiger partial charge in [0.2, 0.25) is 5.92 Å². The van der Waals surface area contributed by atoms with Crippen LogP contribution in [0.25, 0.3) is 11.1 Å². The number of aromatic nitrogens is 3. The Morgan fingerprint density at radius 2 is 1.72 bits per heavy atom. The van der Waals surface area contributed by atoms with Crippen LogP contribution in [0.15, 0.2) is 42.9 Å². The molecule has 0 N–H and O–H groups in total. The highest BCUT2D eigenvalue weighted by atomic mass is 19.3. The van der Waals surface area contributed by atoms with Gasteiger partial charge in [-0.1, -0.05) is 0 Å². The van der Waals surface area contributed by atoms with Crippen molar-refractivity contribution >= 4 is 11.6 Å². The number of hydrogen-bond acceptors (Lipinski definition) is 5. The maximum Gasteiger partial charge on any atom is 0.316 e. The SMILES string of the molecule is CC(C)Oc1ncc(C(=O)N(C)c2c(-c3cc(F)ccc3F)ccnc2C2CCC(F)(F)CC2)cn1. The van der Waals surface area contributed by atoms with Crippen molar-refractivity contribution in [1.29, 1.82) is 0 Å². The Balaban J connectivity index is 1.78. The van der Waals surface area contributed by atoms with Crippen molar-refractivity contribution in [2.75, 3.05) is 11.9 Å². The molecule has 6 nitrogen and oxygen atoms in total. The van der Waals surface area contributed by atoms with Crippen molar-refractivity contribution in [2.24, 2.45) is 0 Å². The molecule has 0 unspecified atom stereocenters. The van der Waals surface area contributed by atoms with Gasteiger partial charge in [0.15, 0.2) is 0 Å². The third kappa shape index (κ3) is 5.47. The molecule has 1 aliphatic rings. The second kappa shape index (κ2) is 10.2. The molecule has 0 spiro atoms. The maximum atomic E-state index is 14.8. The van der Waals surface area contributed by atoms with Gasteiger partial charge in [0.05, 0.1) is 23.0 Å². The Morgan fingerprint density at radius 1 is 1.06 bits per heavy atom. The summed E-state index contributed by atoms with van der Waals surface area (Å²) in [5, 5.41) is 0. The van der Waals surface area contributed by atoms with Crippen LogP contribution in [0.1, 0.15) is 61.5 Å². The third-order valence-electron chi connectivity index (χ3n) is 6.13. The summed E-state index contributed by atoms with van der Waals surface area (Å²) in [4.78, 5) is 27.3. The Morgan fingerprint density at radius 3 is 2.36 bits per heavy atom. The molecule has 2 aromatic heterocycles. The first-order valence-corrected chi connectivity index (χ1v) is 11.6. The van der Waals surface area contributed by atoms with Gasteiger partial charge in [-0.15, -0.1) is 0 Å². The molecule has 10 heteroatoms. The summed E-state index contributed by atoms with van der Waals surface area (Å²) in [7, 11) is 1.47. The predicted octanol–water partition coefficient (Wildman–Crippen LogP) is 6.17. The molecule has 1 amide bonds. The first kappa shape index (κ1) is 25.5. The van der Waals surface area contributed by atoms with Crippen LogP contribution < -0.4 is 9.64 Å². The van der Waals surface area contributed by atoms with Crippen LogP contribution >= 0.6 is 0 Å². The lowest BCUT2D eigenvalue weighted by molar-refractivity contribution is -0.0384. The number of benzene rings is 1. The molecule has 190 valence electrons. The van der Waals surface area contributed by atoms with Crippen molar-refractivity contribution in [2.45, 2.75) is 57.5 Å². The summed E-state index contributed by atoms with van der Waals surface area (Å²) in [5.74, 6) is -5.02. The van der Waals surface area contributed by atoms with Crippen LogP contribution in [0.3, 0.4) is 0 Å². The van der Waals surface area contributed by atoms with Gasteiger partial charge in [-0.05, 0) is 51.0 Å². The van der Waals surface area contributed by atoms with Crippen molar-refractivity contribution < 1.29 is 27.1 Å². The molecular weight excluding hydrogens is 476 g/mol. The van der Waals surface area contributed by atoms with E-state index in [1.165, 1.54) is 36.6 Å². The van der Waals surface area contributed by atoms with Crippen LogP contribution in [0.4, 0.5) is 23.2 Å². The Hall–Kier alpha value is -3.56. The van der Waals surface area contributed by atoms with Crippen LogP contribution in [-0.4, -0.2) is 39.9 Å². The molecule has 1 aromatic carbocycles. The lowest BCUT2D eigenvalue weighted by atomic mass is 9.83. The molecule has 0 atom stereocenters. The summed E-state index contributed by atoms with van der Waals surface area (Å²) >= 11 is 0. The molecule has 0 bridgehead atoms. The molecular formula is C26H26F4N4O2. The van der Waals surface area contributed by atoms with E-state index in [0.717, 1.165) is 18.2 Å². The van der Waals surface area contributed by atoms with E-state index >= 15 is 0 Å². The number of hydrogen-bond donors (Lipinski definition) is 0. The predicted molar refractivity (Wildman–Crippen MR) is 126 cm³/mol. The number of rotatable bonds is 6. The fraction of sp³-hybridized carbons (Fsp3) is 0.385. The van der Waals surface area contributed by atoms with E-state index < -0.39 is 23.5 Å². The van der Waals surface area contributed by atoms with E-state index in [2.05, 4.69) is 15.0 Å². The monoisotopic (exact) mass is 502 g/mol. The van der Waals surface area contributed by atoms with Gasteiger partial charge < -0.3 is 9.64 Å². The molecule has 4 rings (SSSR count). The Kier molecular flexibility index (Phi) is 7.23. The van der Waals surface area contributed by atoms with Crippen LogP contribution in [0.5, 0.6) is 6.01 Å². The number of ether oxygens (including phenoxy) is 1. The number of carbonyl (C=O) groups is 1. The lowest BCUT2D eigenvalue weighted by Gasteiger charge is -2.31. The average molecular weight is 503 g/mol. The Bertz CT molecular complexity index is 1240. The Labute approximate surface area is 206 Å². The number of alkyl halides is 2. The largest absolute Gasteiger partial charge is 0.461 e. The standard InChI is InChI=1S/C26H26F4N4O2/c1-15(2)36-25-32-13-17(14-33-25)24(35)34(3)23-19(20-12-18(27)4-5-21(20)28)8-11-31-22(23)16-6-9-26(29,30)10-7-16/h4-5,8,11-16H,6-7,9-10H2,1-3H3. The second-order valence-corrected chi connectivity index (χ2v) is 9.13. The van der Waals surface area contributed by atoms with E-state index in [0.29, 0.717) is 5.69 Å². The topological polar surface area (TPSA) is 68.2 Å². The number of carbonyl (C=O) groups excluding carboxylic acids is 1. The van der Waals surface area contributed by atoms with E-state index in [9.17, 15) is 22.4 Å². The van der Waals surface area contributed by atoms with Crippen molar-refractivity contribution in [1.82, 2.24) is 15.0 Å². The van der Waals surface area contributed by atoms with Gasteiger partial charge in [-0.25, -0.2) is 27.5 Å². The fourth-order valence-corrected chi connectivity index (χ4v) is 4.35. The molecule has 2 heterocycles. The van der Waals surface area contributed by atoms with Gasteiger partial charge in [-0.3, -0.25) is 9.78 Å². The first-order valence-electron chi connectivity index (χ1n) is 11.6. The van der Waals surface area contributed by atoms with Crippen molar-refractivity contribution in [3.8, 4) is 17.1 Å². The average Bonchev–Trinajstić information content (AvgIpc) is 2.84. The number of pyridine rings is 1. The highest BCUT2D eigenvalue weighted by Gasteiger charge is 2.38. The third-order valence-corrected chi connectivity index (χ3v) is 6.13. The van der Waals surface area contributed by atoms with Crippen LogP contribution in [0.2, 0.25) is 0 Å². The molecule has 0 aliphatic heterocycles. The summed E-state index contributed by atoms with van der Waals surface area (Å²) in [6.07, 6.45) is 3.54. The van der Waals surface area contributed by atoms with Gasteiger partial charge in [0, 0.05) is 55.5 Å². The van der Waals surface area contributed by atoms with Crippen LogP contribution in [0, 0.1) is 11.6 Å². The maximum absolute atomic E-state index is 14.8. The number of amides is 1. The zero-order valence-electron chi connectivity index (χ0n) is 20.1. The van der Waals surface area contributed by atoms with E-state index in [4.69, 9.17) is 4.74 Å². The molecule has 3 aromatic rings. The highest BCUT2D eigenvalue weighted by molar-refractivity contribution is 6.08. The van der Waals surface area contributed by atoms with E-state index in [1.807, 2.05) is 13.8 Å². The zero-order valence-corrected chi connectivity index (χ0v) is 20.1. The smallest absolute Gasteiger partial charge is 0.316 e. The molecule has 1 saturated carbocycles. The molecule has 1 aliphatic carbocycles. The molecule has 0 radical (unpaired) electrons. The van der Waals surface area contributed by atoms with E-state index in [-0.39, 0.29) is 66.1 Å². The number of anilines is 1. The minimum atomic E-state index is -2.76. The number of nitrogens with zero attached hydrogens (tertiary/aromatic N) is 4. The van der Waals surface area contributed by atoms with Gasteiger partial charge in [-0.2, -0.15) is 0 Å².